The van der Waals surface area contributed by atoms with E-state index in [2.05, 4.69) is 0 Å². The normalized spacial score (nSPS) is 14.1. The molecule has 1 N–H and O–H groups in total. The molecule has 0 spiro atoms. The first-order chi connectivity index (χ1) is 15.5. The molecular weight excluding hydrogens is 506 g/mol. The minimum Gasteiger partial charge on any atom is -0.311 e. The van der Waals surface area contributed by atoms with E-state index in [9.17, 15) is 35.5 Å². The molecule has 2 aromatic rings. The molecule has 34 heavy (non-hydrogen) atoms. The van der Waals surface area contributed by atoms with Crippen LogP contribution in [0, 0.1) is 0 Å². The maximum absolute atomic E-state index is 14.8. The maximum atomic E-state index is 14.8. The first-order valence-electron chi connectivity index (χ1n) is 10.1. The first kappa shape index (κ1) is 28.6. The summed E-state index contributed by atoms with van der Waals surface area (Å²) in [6.07, 6.45) is -14.7. The smallest absolute Gasteiger partial charge is 0.311 e. The zero-order chi connectivity index (χ0) is 26.0. The molecule has 190 valence electrons. The second-order valence-electron chi connectivity index (χ2n) is 7.90. The summed E-state index contributed by atoms with van der Waals surface area (Å²) in [6.45, 7) is 5.04. The minimum atomic E-state index is -6.26. The number of halogens is 6. The zero-order valence-electron chi connectivity index (χ0n) is 18.7. The van der Waals surface area contributed by atoms with Gasteiger partial charge in [-0.25, -0.2) is 4.57 Å². The molecule has 13 heteroatoms. The Bertz CT molecular complexity index is 971. The van der Waals surface area contributed by atoms with E-state index in [4.69, 9.17) is 9.05 Å². The van der Waals surface area contributed by atoms with Crippen LogP contribution < -0.4 is 15.7 Å². The van der Waals surface area contributed by atoms with Crippen molar-refractivity contribution in [1.82, 2.24) is 5.09 Å². The van der Waals surface area contributed by atoms with Crippen LogP contribution in [0.15, 0.2) is 60.7 Å². The van der Waals surface area contributed by atoms with Crippen molar-refractivity contribution in [2.24, 2.45) is 0 Å². The molecule has 0 aliphatic rings. The van der Waals surface area contributed by atoms with E-state index >= 15 is 0 Å². The van der Waals surface area contributed by atoms with Crippen LogP contribution in [0.4, 0.5) is 26.3 Å². The molecule has 0 radical (unpaired) electrons. The highest BCUT2D eigenvalue weighted by molar-refractivity contribution is 7.80. The van der Waals surface area contributed by atoms with Gasteiger partial charge in [-0.2, -0.15) is 31.4 Å². The summed E-state index contributed by atoms with van der Waals surface area (Å²) in [5.41, 5.74) is 0. The lowest BCUT2D eigenvalue weighted by atomic mass is 10.3. The van der Waals surface area contributed by atoms with E-state index in [1.54, 1.807) is 0 Å². The van der Waals surface area contributed by atoms with E-state index < -0.39 is 55.3 Å². The summed E-state index contributed by atoms with van der Waals surface area (Å²) in [5, 5.41) is -5.58. The Hall–Kier alpha value is -1.64. The Labute approximate surface area is 193 Å². The predicted molar refractivity (Wildman–Crippen MR) is 118 cm³/mol. The van der Waals surface area contributed by atoms with Crippen molar-refractivity contribution < 1.29 is 44.5 Å². The summed E-state index contributed by atoms with van der Waals surface area (Å²) in [6, 6.07) is 11.0. The molecule has 0 heterocycles. The third-order valence-electron chi connectivity index (χ3n) is 4.53. The van der Waals surface area contributed by atoms with Gasteiger partial charge < -0.3 is 4.57 Å². The SMILES string of the molecule is CC(C)OP(=O)(NC(C(F)(F)F)(C(F)(F)F)P(=O)(c1ccccc1)c1ccccc1)OC(C)C. The molecule has 0 fully saturated rings. The van der Waals surface area contributed by atoms with Gasteiger partial charge in [0, 0.05) is 10.6 Å². The molecule has 0 aliphatic carbocycles. The van der Waals surface area contributed by atoms with Crippen molar-refractivity contribution in [1.29, 1.82) is 0 Å². The van der Waals surface area contributed by atoms with Crippen molar-refractivity contribution in [3.63, 3.8) is 0 Å². The quantitative estimate of drug-likeness (QED) is 0.301. The van der Waals surface area contributed by atoms with Gasteiger partial charge in [0.05, 0.1) is 12.2 Å². The number of hydrogen-bond donors (Lipinski definition) is 1. The van der Waals surface area contributed by atoms with Crippen molar-refractivity contribution in [2.75, 3.05) is 0 Å². The summed E-state index contributed by atoms with van der Waals surface area (Å²) >= 11 is 0. The fourth-order valence-corrected chi connectivity index (χ4v) is 9.17. The first-order valence-corrected chi connectivity index (χ1v) is 13.4. The molecule has 2 aromatic carbocycles. The van der Waals surface area contributed by atoms with Gasteiger partial charge in [0.15, 0.2) is 7.14 Å². The molecule has 0 amide bonds. The fraction of sp³-hybridized carbons (Fsp3) is 0.429. The molecule has 0 aliphatic heterocycles. The lowest BCUT2D eigenvalue weighted by Crippen LogP contribution is -2.67. The number of alkyl halides is 6. The van der Waals surface area contributed by atoms with Crippen LogP contribution in [-0.4, -0.2) is 29.8 Å². The van der Waals surface area contributed by atoms with Gasteiger partial charge in [-0.05, 0) is 27.7 Å². The van der Waals surface area contributed by atoms with Gasteiger partial charge >= 0.3 is 20.1 Å². The zero-order valence-corrected chi connectivity index (χ0v) is 20.5. The summed E-state index contributed by atoms with van der Waals surface area (Å²) < 4.78 is 126. The molecule has 0 saturated carbocycles. The van der Waals surface area contributed by atoms with Crippen LogP contribution >= 0.6 is 14.9 Å². The molecule has 2 rings (SSSR count). The molecule has 5 nitrogen and oxygen atoms in total. The van der Waals surface area contributed by atoms with Crippen LogP contribution in [0.1, 0.15) is 27.7 Å². The largest absolute Gasteiger partial charge is 0.423 e. The Kier molecular flexibility index (Phi) is 8.54. The fourth-order valence-electron chi connectivity index (χ4n) is 3.36. The third kappa shape index (κ3) is 5.44. The van der Waals surface area contributed by atoms with Gasteiger partial charge in [0.2, 0.25) is 0 Å². The number of rotatable bonds is 9. The van der Waals surface area contributed by atoms with E-state index in [0.29, 0.717) is 0 Å². The highest BCUT2D eigenvalue weighted by atomic mass is 31.2. The van der Waals surface area contributed by atoms with Gasteiger partial charge in [-0.15, -0.1) is 0 Å². The Morgan fingerprint density at radius 1 is 0.676 bits per heavy atom. The van der Waals surface area contributed by atoms with E-state index in [1.807, 2.05) is 0 Å². The highest BCUT2D eigenvalue weighted by Gasteiger charge is 2.82. The Morgan fingerprint density at radius 2 is 1.00 bits per heavy atom. The molecule has 0 aromatic heterocycles. The lowest BCUT2D eigenvalue weighted by molar-refractivity contribution is -0.272. The van der Waals surface area contributed by atoms with E-state index in [0.717, 1.165) is 53.6 Å². The number of nitrogens with one attached hydrogen (secondary N) is 1. The maximum Gasteiger partial charge on any atom is 0.423 e. The molecule has 0 saturated heterocycles. The van der Waals surface area contributed by atoms with Gasteiger partial charge in [-0.3, -0.25) is 9.05 Å². The highest BCUT2D eigenvalue weighted by Crippen LogP contribution is 2.70. The van der Waals surface area contributed by atoms with Gasteiger partial charge in [0.25, 0.3) is 5.28 Å². The average molecular weight is 531 g/mol. The summed E-state index contributed by atoms with van der Waals surface area (Å²) in [4.78, 5) is 0. The molecule has 0 atom stereocenters. The van der Waals surface area contributed by atoms with E-state index in [-0.39, 0.29) is 0 Å². The van der Waals surface area contributed by atoms with Crippen molar-refractivity contribution in [3.8, 4) is 0 Å². The summed E-state index contributed by atoms with van der Waals surface area (Å²) in [5.74, 6) is 0. The number of benzene rings is 2. The molecular formula is C21H25F6NO4P2. The minimum absolute atomic E-state index is 0.746. The van der Waals surface area contributed by atoms with Crippen LogP contribution in [0.3, 0.4) is 0 Å². The summed E-state index contributed by atoms with van der Waals surface area (Å²) in [7, 11) is -11.1. The second kappa shape index (κ2) is 10.2. The molecule has 0 unspecified atom stereocenters. The van der Waals surface area contributed by atoms with Crippen LogP contribution in [-0.2, 0) is 18.2 Å². The van der Waals surface area contributed by atoms with Crippen molar-refractivity contribution in [3.05, 3.63) is 60.7 Å². The monoisotopic (exact) mass is 531 g/mol. The standard InChI is InChI=1S/C21H25F6NO4P2/c1-15(2)31-34(30,32-16(3)4)28-19(20(22,23)24,21(25,26)27)33(29,17-11-7-5-8-12-17)18-13-9-6-10-14-18/h5-16H,1-4H3,(H,28,30). The van der Waals surface area contributed by atoms with Gasteiger partial charge in [-0.1, -0.05) is 60.7 Å². The van der Waals surface area contributed by atoms with Crippen molar-refractivity contribution in [2.45, 2.75) is 57.5 Å². The predicted octanol–water partition coefficient (Wildman–Crippen LogP) is 6.37. The van der Waals surface area contributed by atoms with Crippen molar-refractivity contribution >= 4 is 25.5 Å². The van der Waals surface area contributed by atoms with Crippen LogP contribution in [0.25, 0.3) is 0 Å². The topological polar surface area (TPSA) is 64.6 Å². The number of hydrogen-bond acceptors (Lipinski definition) is 4. The van der Waals surface area contributed by atoms with Crippen LogP contribution in [0.5, 0.6) is 0 Å². The Balaban J connectivity index is 3.05. The van der Waals surface area contributed by atoms with Crippen LogP contribution in [0.2, 0.25) is 0 Å². The average Bonchev–Trinajstić information content (AvgIpc) is 2.69. The third-order valence-corrected chi connectivity index (χ3v) is 10.3. The lowest BCUT2D eigenvalue weighted by Gasteiger charge is -2.44. The van der Waals surface area contributed by atoms with E-state index in [1.165, 1.54) is 39.8 Å². The van der Waals surface area contributed by atoms with Gasteiger partial charge in [0.1, 0.15) is 0 Å². The Morgan fingerprint density at radius 3 is 1.26 bits per heavy atom. The second-order valence-corrected chi connectivity index (χ2v) is 12.5. The molecule has 0 bridgehead atoms.